The number of nitrogens with two attached hydrogens (primary N) is 1. The van der Waals surface area contributed by atoms with E-state index in [0.717, 1.165) is 0 Å². The van der Waals surface area contributed by atoms with Gasteiger partial charge in [-0.2, -0.15) is 0 Å². The Bertz CT molecular complexity index is 935. The Hall–Kier alpha value is -2.96. The summed E-state index contributed by atoms with van der Waals surface area (Å²) in [5.74, 6) is -0.460. The molecule has 0 bridgehead atoms. The van der Waals surface area contributed by atoms with E-state index in [9.17, 15) is 9.59 Å². The Morgan fingerprint density at radius 3 is 2.41 bits per heavy atom. The zero-order valence-corrected chi connectivity index (χ0v) is 17.4. The third-order valence-corrected chi connectivity index (χ3v) is 5.46. The van der Waals surface area contributed by atoms with Crippen LogP contribution < -0.4 is 10.6 Å². The number of anilines is 1. The van der Waals surface area contributed by atoms with Crippen molar-refractivity contribution in [3.05, 3.63) is 87.6 Å². The predicted octanol–water partition coefficient (Wildman–Crippen LogP) is 3.52. The fraction of sp³-hybridized carbons (Fsp3) is 0.217. The lowest BCUT2D eigenvalue weighted by Crippen LogP contribution is -2.87. The van der Waals surface area contributed by atoms with Crippen LogP contribution in [-0.2, 0) is 9.53 Å². The van der Waals surface area contributed by atoms with Gasteiger partial charge in [0.15, 0.2) is 6.54 Å². The second-order valence-electron chi connectivity index (χ2n) is 6.69. The average molecular weight is 410 g/mol. The van der Waals surface area contributed by atoms with Crippen molar-refractivity contribution >= 4 is 28.9 Å². The summed E-state index contributed by atoms with van der Waals surface area (Å²) in [5, 5.41) is 6.97. The highest BCUT2D eigenvalue weighted by molar-refractivity contribution is 7.10. The van der Waals surface area contributed by atoms with E-state index < -0.39 is 0 Å². The SMILES string of the molecule is CCOC(=O)c1ccc(NC(=O)C[NH2+][C@H](c2ccc(C)cc2)c2cccs2)cc1. The van der Waals surface area contributed by atoms with E-state index in [1.165, 1.54) is 16.0 Å². The van der Waals surface area contributed by atoms with Gasteiger partial charge in [0.25, 0.3) is 5.91 Å². The first-order chi connectivity index (χ1) is 14.1. The minimum Gasteiger partial charge on any atom is -0.462 e. The minimum absolute atomic E-state index is 0.0764. The summed E-state index contributed by atoms with van der Waals surface area (Å²) in [7, 11) is 0. The maximum Gasteiger partial charge on any atom is 0.338 e. The molecule has 0 unspecified atom stereocenters. The van der Waals surface area contributed by atoms with Crippen molar-refractivity contribution in [2.24, 2.45) is 0 Å². The monoisotopic (exact) mass is 409 g/mol. The normalized spacial score (nSPS) is 11.7. The van der Waals surface area contributed by atoms with Crippen molar-refractivity contribution in [2.75, 3.05) is 18.5 Å². The molecule has 1 atom stereocenters. The number of quaternary nitrogens is 1. The fourth-order valence-electron chi connectivity index (χ4n) is 3.00. The van der Waals surface area contributed by atoms with E-state index in [1.54, 1.807) is 42.5 Å². The van der Waals surface area contributed by atoms with Crippen LogP contribution in [0.3, 0.4) is 0 Å². The molecule has 5 nitrogen and oxygen atoms in total. The molecule has 0 aliphatic heterocycles. The number of carbonyl (C=O) groups is 2. The number of nitrogens with one attached hydrogen (secondary N) is 1. The molecule has 150 valence electrons. The van der Waals surface area contributed by atoms with Crippen LogP contribution >= 0.6 is 11.3 Å². The van der Waals surface area contributed by atoms with Gasteiger partial charge in [0.1, 0.15) is 6.04 Å². The molecule has 2 aromatic carbocycles. The lowest BCUT2D eigenvalue weighted by atomic mass is 10.0. The maximum absolute atomic E-state index is 12.5. The molecule has 1 amide bonds. The number of hydrogen-bond acceptors (Lipinski definition) is 4. The van der Waals surface area contributed by atoms with Crippen LogP contribution in [0.25, 0.3) is 0 Å². The Morgan fingerprint density at radius 1 is 1.07 bits per heavy atom. The number of rotatable bonds is 8. The first-order valence-corrected chi connectivity index (χ1v) is 10.4. The molecule has 1 heterocycles. The number of hydrogen-bond donors (Lipinski definition) is 2. The van der Waals surface area contributed by atoms with E-state index in [2.05, 4.69) is 48.0 Å². The van der Waals surface area contributed by atoms with Crippen molar-refractivity contribution < 1.29 is 19.6 Å². The van der Waals surface area contributed by atoms with Gasteiger partial charge < -0.3 is 15.4 Å². The van der Waals surface area contributed by atoms with Crippen molar-refractivity contribution in [3.8, 4) is 0 Å². The Kier molecular flexibility index (Phi) is 7.16. The molecule has 3 rings (SSSR count). The molecule has 6 heteroatoms. The van der Waals surface area contributed by atoms with Crippen LogP contribution in [0.2, 0.25) is 0 Å². The summed E-state index contributed by atoms with van der Waals surface area (Å²) in [6.07, 6.45) is 0. The zero-order chi connectivity index (χ0) is 20.6. The van der Waals surface area contributed by atoms with Gasteiger partial charge in [0.2, 0.25) is 0 Å². The molecule has 0 aliphatic carbocycles. The number of thiophene rings is 1. The number of carbonyl (C=O) groups excluding carboxylic acids is 2. The highest BCUT2D eigenvalue weighted by Crippen LogP contribution is 2.23. The molecule has 0 spiro atoms. The van der Waals surface area contributed by atoms with Gasteiger partial charge in [0, 0.05) is 11.3 Å². The first kappa shape index (κ1) is 20.8. The zero-order valence-electron chi connectivity index (χ0n) is 16.6. The average Bonchev–Trinajstić information content (AvgIpc) is 3.25. The Morgan fingerprint density at radius 2 is 1.79 bits per heavy atom. The van der Waals surface area contributed by atoms with Crippen LogP contribution in [-0.4, -0.2) is 25.0 Å². The van der Waals surface area contributed by atoms with Gasteiger partial charge in [-0.25, -0.2) is 4.79 Å². The number of ether oxygens (including phenoxy) is 1. The lowest BCUT2D eigenvalue weighted by Gasteiger charge is -2.15. The Balaban J connectivity index is 1.61. The summed E-state index contributed by atoms with van der Waals surface area (Å²) < 4.78 is 4.97. The maximum atomic E-state index is 12.5. The van der Waals surface area contributed by atoms with E-state index >= 15 is 0 Å². The highest BCUT2D eigenvalue weighted by atomic mass is 32.1. The summed E-state index contributed by atoms with van der Waals surface area (Å²) >= 11 is 1.69. The van der Waals surface area contributed by atoms with Crippen LogP contribution in [0.4, 0.5) is 5.69 Å². The van der Waals surface area contributed by atoms with E-state index in [-0.39, 0.29) is 24.5 Å². The molecule has 0 aliphatic rings. The Labute approximate surface area is 174 Å². The topological polar surface area (TPSA) is 72.0 Å². The van der Waals surface area contributed by atoms with Crippen molar-refractivity contribution in [1.29, 1.82) is 0 Å². The first-order valence-electron chi connectivity index (χ1n) is 9.57. The van der Waals surface area contributed by atoms with Crippen LogP contribution in [0.5, 0.6) is 0 Å². The van der Waals surface area contributed by atoms with Gasteiger partial charge in [-0.1, -0.05) is 35.9 Å². The summed E-state index contributed by atoms with van der Waals surface area (Å²) in [5.41, 5.74) is 3.50. The van der Waals surface area contributed by atoms with Gasteiger partial charge in [0.05, 0.1) is 17.0 Å². The number of benzene rings is 2. The standard InChI is InChI=1S/C23H24N2O3S/c1-3-28-23(27)18-10-12-19(13-11-18)25-21(26)15-24-22(20-5-4-14-29-20)17-8-6-16(2)7-9-17/h4-14,22,24H,3,15H2,1-2H3,(H,25,26)/p+1/t22-/m1/s1. The lowest BCUT2D eigenvalue weighted by molar-refractivity contribution is -0.675. The number of esters is 1. The molecule has 0 fully saturated rings. The van der Waals surface area contributed by atoms with Crippen LogP contribution in [0, 0.1) is 6.92 Å². The minimum atomic E-state index is -0.365. The van der Waals surface area contributed by atoms with E-state index in [1.807, 2.05) is 11.4 Å². The predicted molar refractivity (Wildman–Crippen MR) is 115 cm³/mol. The van der Waals surface area contributed by atoms with E-state index in [0.29, 0.717) is 17.9 Å². The van der Waals surface area contributed by atoms with Crippen molar-refractivity contribution in [2.45, 2.75) is 19.9 Å². The second kappa shape index (κ2) is 10.0. The van der Waals surface area contributed by atoms with E-state index in [4.69, 9.17) is 4.74 Å². The van der Waals surface area contributed by atoms with Crippen molar-refractivity contribution in [3.63, 3.8) is 0 Å². The molecule has 0 radical (unpaired) electrons. The van der Waals surface area contributed by atoms with Gasteiger partial charge >= 0.3 is 5.97 Å². The smallest absolute Gasteiger partial charge is 0.338 e. The molecule has 0 saturated heterocycles. The molecular formula is C23H25N2O3S+. The largest absolute Gasteiger partial charge is 0.462 e. The molecule has 3 aromatic rings. The number of aryl methyl sites for hydroxylation is 1. The second-order valence-corrected chi connectivity index (χ2v) is 7.67. The highest BCUT2D eigenvalue weighted by Gasteiger charge is 2.20. The summed E-state index contributed by atoms with van der Waals surface area (Å²) in [6, 6.07) is 19.3. The molecule has 1 aromatic heterocycles. The third-order valence-electron chi connectivity index (χ3n) is 4.50. The van der Waals surface area contributed by atoms with Gasteiger partial charge in [-0.3, -0.25) is 4.79 Å². The van der Waals surface area contributed by atoms with Crippen LogP contribution in [0.15, 0.2) is 66.0 Å². The summed E-state index contributed by atoms with van der Waals surface area (Å²) in [6.45, 7) is 4.45. The van der Waals surface area contributed by atoms with Crippen LogP contribution in [0.1, 0.15) is 39.3 Å². The third kappa shape index (κ3) is 5.76. The quantitative estimate of drug-likeness (QED) is 0.559. The molecular weight excluding hydrogens is 384 g/mol. The molecule has 3 N–H and O–H groups in total. The molecule has 29 heavy (non-hydrogen) atoms. The fourth-order valence-corrected chi connectivity index (χ4v) is 3.85. The number of amides is 1. The summed E-state index contributed by atoms with van der Waals surface area (Å²) in [4.78, 5) is 25.4. The van der Waals surface area contributed by atoms with Gasteiger partial charge in [-0.05, 0) is 49.6 Å². The van der Waals surface area contributed by atoms with Gasteiger partial charge in [-0.15, -0.1) is 11.3 Å². The molecule has 0 saturated carbocycles. The van der Waals surface area contributed by atoms with Crippen molar-refractivity contribution in [1.82, 2.24) is 0 Å².